The number of unbranched alkanes of at least 4 members (excludes halogenated alkanes) is 27. The first-order valence-electron chi connectivity index (χ1n) is 23.3. The molecule has 0 heterocycles. The monoisotopic (exact) mass is 761 g/mol. The SMILES string of the molecule is CCCC/C=C\C/C=C\CCCCCCCC(=O)OCC(COC(=O)CCCCCCCCCC)OC(=O)CCCCCCCCCCCCCCCC. The van der Waals surface area contributed by atoms with Crippen LogP contribution in [0.15, 0.2) is 24.3 Å². The minimum atomic E-state index is -0.768. The third kappa shape index (κ3) is 41.1. The molecule has 0 amide bonds. The first-order valence-corrected chi connectivity index (χ1v) is 23.3. The number of allylic oxidation sites excluding steroid dienone is 4. The van der Waals surface area contributed by atoms with E-state index in [0.717, 1.165) is 77.0 Å². The molecule has 0 aromatic carbocycles. The highest BCUT2D eigenvalue weighted by molar-refractivity contribution is 5.71. The Morgan fingerprint density at radius 2 is 0.685 bits per heavy atom. The summed E-state index contributed by atoms with van der Waals surface area (Å²) >= 11 is 0. The second-order valence-electron chi connectivity index (χ2n) is 15.7. The fourth-order valence-electron chi connectivity index (χ4n) is 6.63. The standard InChI is InChI=1S/C48H88O6/c1-4-7-10-13-16-19-21-23-25-27-29-32-35-38-41-47(50)53-44-45(43-52-46(49)40-37-34-31-18-15-12-9-6-3)54-48(51)42-39-36-33-30-28-26-24-22-20-17-14-11-8-5-2/h13,16,21,23,45H,4-12,14-15,17-20,22,24-44H2,1-3H3/b16-13-,23-21-. The van der Waals surface area contributed by atoms with Gasteiger partial charge in [-0.05, 0) is 44.9 Å². The van der Waals surface area contributed by atoms with Crippen molar-refractivity contribution in [3.05, 3.63) is 24.3 Å². The predicted octanol–water partition coefficient (Wildman–Crippen LogP) is 14.8. The van der Waals surface area contributed by atoms with E-state index in [-0.39, 0.29) is 31.1 Å². The number of hydrogen-bond donors (Lipinski definition) is 0. The number of ether oxygens (including phenoxy) is 3. The molecule has 0 N–H and O–H groups in total. The van der Waals surface area contributed by atoms with Gasteiger partial charge in [0, 0.05) is 19.3 Å². The number of rotatable bonds is 42. The van der Waals surface area contributed by atoms with E-state index in [2.05, 4.69) is 45.1 Å². The average Bonchev–Trinajstić information content (AvgIpc) is 3.17. The molecule has 0 bridgehead atoms. The summed E-state index contributed by atoms with van der Waals surface area (Å²) in [7, 11) is 0. The summed E-state index contributed by atoms with van der Waals surface area (Å²) in [5, 5.41) is 0. The van der Waals surface area contributed by atoms with Gasteiger partial charge >= 0.3 is 17.9 Å². The summed E-state index contributed by atoms with van der Waals surface area (Å²) in [4.78, 5) is 37.7. The van der Waals surface area contributed by atoms with Crippen LogP contribution < -0.4 is 0 Å². The molecule has 0 aromatic rings. The molecule has 6 heteroatoms. The van der Waals surface area contributed by atoms with E-state index < -0.39 is 6.10 Å². The van der Waals surface area contributed by atoms with Crippen LogP contribution in [0.1, 0.15) is 245 Å². The molecule has 0 aliphatic rings. The summed E-state index contributed by atoms with van der Waals surface area (Å²) in [5.74, 6) is -0.884. The molecule has 0 aliphatic heterocycles. The molecule has 316 valence electrons. The molecule has 0 saturated heterocycles. The highest BCUT2D eigenvalue weighted by Crippen LogP contribution is 2.15. The van der Waals surface area contributed by atoms with Gasteiger partial charge in [-0.25, -0.2) is 0 Å². The van der Waals surface area contributed by atoms with Crippen molar-refractivity contribution in [3.8, 4) is 0 Å². The lowest BCUT2D eigenvalue weighted by Crippen LogP contribution is -2.30. The summed E-state index contributed by atoms with van der Waals surface area (Å²) in [6.07, 6.45) is 47.3. The van der Waals surface area contributed by atoms with Crippen LogP contribution in [0.25, 0.3) is 0 Å². The lowest BCUT2D eigenvalue weighted by atomic mass is 10.0. The second kappa shape index (κ2) is 43.6. The molecule has 0 rings (SSSR count). The van der Waals surface area contributed by atoms with E-state index in [1.54, 1.807) is 0 Å². The van der Waals surface area contributed by atoms with Crippen molar-refractivity contribution in [1.82, 2.24) is 0 Å². The van der Waals surface area contributed by atoms with Crippen molar-refractivity contribution in [1.29, 1.82) is 0 Å². The van der Waals surface area contributed by atoms with Crippen LogP contribution in [0.2, 0.25) is 0 Å². The van der Waals surface area contributed by atoms with Gasteiger partial charge in [0.15, 0.2) is 6.10 Å². The quantitative estimate of drug-likeness (QED) is 0.0267. The Labute approximate surface area is 334 Å². The van der Waals surface area contributed by atoms with Crippen LogP contribution in [-0.2, 0) is 28.6 Å². The van der Waals surface area contributed by atoms with Gasteiger partial charge < -0.3 is 14.2 Å². The molecule has 0 radical (unpaired) electrons. The maximum atomic E-state index is 12.7. The normalized spacial score (nSPS) is 12.1. The third-order valence-electron chi connectivity index (χ3n) is 10.2. The molecular formula is C48H88O6. The van der Waals surface area contributed by atoms with E-state index in [9.17, 15) is 14.4 Å². The van der Waals surface area contributed by atoms with Crippen molar-refractivity contribution in [2.75, 3.05) is 13.2 Å². The Bertz CT molecular complexity index is 880. The van der Waals surface area contributed by atoms with Gasteiger partial charge in [0.25, 0.3) is 0 Å². The van der Waals surface area contributed by atoms with E-state index in [0.29, 0.717) is 19.3 Å². The Hall–Kier alpha value is -2.11. The Balaban J connectivity index is 4.32. The second-order valence-corrected chi connectivity index (χ2v) is 15.7. The predicted molar refractivity (Wildman–Crippen MR) is 229 cm³/mol. The van der Waals surface area contributed by atoms with E-state index >= 15 is 0 Å². The Kier molecular flexibility index (Phi) is 41.9. The molecule has 0 aromatic heterocycles. The molecule has 0 saturated carbocycles. The van der Waals surface area contributed by atoms with Gasteiger partial charge in [0.05, 0.1) is 0 Å². The molecule has 0 aliphatic carbocycles. The fourth-order valence-corrected chi connectivity index (χ4v) is 6.63. The molecule has 0 fully saturated rings. The lowest BCUT2D eigenvalue weighted by molar-refractivity contribution is -0.167. The smallest absolute Gasteiger partial charge is 0.306 e. The van der Waals surface area contributed by atoms with Gasteiger partial charge in [0.2, 0.25) is 0 Å². The number of esters is 3. The number of hydrogen-bond acceptors (Lipinski definition) is 6. The minimum absolute atomic E-state index is 0.0722. The van der Waals surface area contributed by atoms with Crippen molar-refractivity contribution in [2.24, 2.45) is 0 Å². The molecule has 1 atom stereocenters. The summed E-state index contributed by atoms with van der Waals surface area (Å²) < 4.78 is 16.7. The zero-order valence-corrected chi connectivity index (χ0v) is 36.0. The van der Waals surface area contributed by atoms with Crippen LogP contribution in [0, 0.1) is 0 Å². The van der Waals surface area contributed by atoms with Gasteiger partial charge in [0.1, 0.15) is 13.2 Å². The van der Waals surface area contributed by atoms with Gasteiger partial charge in [-0.2, -0.15) is 0 Å². The zero-order valence-electron chi connectivity index (χ0n) is 36.0. The Morgan fingerprint density at radius 3 is 1.07 bits per heavy atom. The third-order valence-corrected chi connectivity index (χ3v) is 10.2. The molecule has 0 spiro atoms. The number of carbonyl (C=O) groups excluding carboxylic acids is 3. The lowest BCUT2D eigenvalue weighted by Gasteiger charge is -2.18. The van der Waals surface area contributed by atoms with Gasteiger partial charge in [-0.1, -0.05) is 206 Å². The van der Waals surface area contributed by atoms with Crippen LogP contribution in [0.3, 0.4) is 0 Å². The first kappa shape index (κ1) is 51.9. The molecule has 6 nitrogen and oxygen atoms in total. The van der Waals surface area contributed by atoms with Crippen molar-refractivity contribution < 1.29 is 28.6 Å². The largest absolute Gasteiger partial charge is 0.462 e. The highest BCUT2D eigenvalue weighted by Gasteiger charge is 2.19. The van der Waals surface area contributed by atoms with Crippen LogP contribution in [0.5, 0.6) is 0 Å². The first-order chi connectivity index (χ1) is 26.5. The van der Waals surface area contributed by atoms with E-state index in [1.807, 2.05) is 0 Å². The number of carbonyl (C=O) groups is 3. The topological polar surface area (TPSA) is 78.9 Å². The van der Waals surface area contributed by atoms with Crippen molar-refractivity contribution in [3.63, 3.8) is 0 Å². The van der Waals surface area contributed by atoms with Gasteiger partial charge in [-0.3, -0.25) is 14.4 Å². The molecule has 54 heavy (non-hydrogen) atoms. The van der Waals surface area contributed by atoms with Crippen LogP contribution in [-0.4, -0.2) is 37.2 Å². The van der Waals surface area contributed by atoms with Crippen molar-refractivity contribution >= 4 is 17.9 Å². The molecular weight excluding hydrogens is 673 g/mol. The van der Waals surface area contributed by atoms with Gasteiger partial charge in [-0.15, -0.1) is 0 Å². The Morgan fingerprint density at radius 1 is 0.370 bits per heavy atom. The minimum Gasteiger partial charge on any atom is -0.462 e. The maximum Gasteiger partial charge on any atom is 0.306 e. The summed E-state index contributed by atoms with van der Waals surface area (Å²) in [6.45, 7) is 6.56. The van der Waals surface area contributed by atoms with E-state index in [1.165, 1.54) is 128 Å². The van der Waals surface area contributed by atoms with Crippen LogP contribution in [0.4, 0.5) is 0 Å². The fraction of sp³-hybridized carbons (Fsp3) is 0.854. The molecule has 1 unspecified atom stereocenters. The van der Waals surface area contributed by atoms with E-state index in [4.69, 9.17) is 14.2 Å². The van der Waals surface area contributed by atoms with Crippen molar-refractivity contribution in [2.45, 2.75) is 252 Å². The summed E-state index contributed by atoms with van der Waals surface area (Å²) in [6, 6.07) is 0. The summed E-state index contributed by atoms with van der Waals surface area (Å²) in [5.41, 5.74) is 0. The zero-order chi connectivity index (χ0) is 39.4. The highest BCUT2D eigenvalue weighted by atomic mass is 16.6. The van der Waals surface area contributed by atoms with Crippen LogP contribution >= 0.6 is 0 Å². The average molecular weight is 761 g/mol. The maximum absolute atomic E-state index is 12.7.